The molecule has 112 valence electrons. The van der Waals surface area contributed by atoms with Crippen LogP contribution in [0.2, 0.25) is 0 Å². The van der Waals surface area contributed by atoms with Crippen LogP contribution >= 0.6 is 0 Å². The molecule has 0 N–H and O–H groups in total. The highest BCUT2D eigenvalue weighted by Gasteiger charge is 2.24. The van der Waals surface area contributed by atoms with E-state index >= 15 is 0 Å². The molecule has 0 aromatic rings. The first-order valence-corrected chi connectivity index (χ1v) is 7.17. The Labute approximate surface area is 122 Å². The van der Waals surface area contributed by atoms with Crippen LogP contribution in [0.4, 0.5) is 0 Å². The minimum atomic E-state index is 0.0494. The van der Waals surface area contributed by atoms with Gasteiger partial charge in [-0.2, -0.15) is 0 Å². The van der Waals surface area contributed by atoms with E-state index in [0.29, 0.717) is 32.1 Å². The van der Waals surface area contributed by atoms with Gasteiger partial charge in [-0.25, -0.2) is 0 Å². The van der Waals surface area contributed by atoms with Crippen LogP contribution in [0.1, 0.15) is 34.6 Å². The molecule has 4 nitrogen and oxygen atoms in total. The molecule has 1 aliphatic heterocycles. The highest BCUT2D eigenvalue weighted by molar-refractivity contribution is 5.89. The van der Waals surface area contributed by atoms with E-state index in [1.54, 1.807) is 12.2 Å². The molecule has 1 heterocycles. The lowest BCUT2D eigenvalue weighted by Crippen LogP contribution is -2.36. The molecule has 0 aliphatic carbocycles. The maximum Gasteiger partial charge on any atom is 0.246 e. The Morgan fingerprint density at radius 1 is 0.850 bits per heavy atom. The number of carbonyl (C=O) groups is 2. The molecule has 0 aromatic carbocycles. The maximum atomic E-state index is 12.1. The van der Waals surface area contributed by atoms with Crippen molar-refractivity contribution in [1.82, 2.24) is 9.80 Å². The minimum absolute atomic E-state index is 0.0494. The van der Waals surface area contributed by atoms with Crippen molar-refractivity contribution in [1.29, 1.82) is 0 Å². The largest absolute Gasteiger partial charge is 0.337 e. The van der Waals surface area contributed by atoms with Gasteiger partial charge in [0.15, 0.2) is 0 Å². The first-order chi connectivity index (χ1) is 9.29. The molecule has 2 amide bonds. The van der Waals surface area contributed by atoms with Gasteiger partial charge in [-0.05, 0) is 33.6 Å². The zero-order valence-corrected chi connectivity index (χ0v) is 13.3. The fourth-order valence-electron chi connectivity index (χ4n) is 2.31. The monoisotopic (exact) mass is 278 g/mol. The number of carbonyl (C=O) groups excluding carboxylic acids is 2. The van der Waals surface area contributed by atoms with Crippen LogP contribution in [0.25, 0.3) is 0 Å². The van der Waals surface area contributed by atoms with Crippen molar-refractivity contribution in [3.05, 3.63) is 23.3 Å². The lowest BCUT2D eigenvalue weighted by Gasteiger charge is -2.20. The lowest BCUT2D eigenvalue weighted by molar-refractivity contribution is -0.128. The fourth-order valence-corrected chi connectivity index (χ4v) is 2.31. The third kappa shape index (κ3) is 5.19. The number of amides is 2. The fraction of sp³-hybridized carbons (Fsp3) is 0.625. The van der Waals surface area contributed by atoms with Crippen LogP contribution in [0, 0.1) is 5.92 Å². The lowest BCUT2D eigenvalue weighted by atomic mass is 10.1. The van der Waals surface area contributed by atoms with E-state index in [9.17, 15) is 9.59 Å². The second kappa shape index (κ2) is 7.27. The molecule has 0 aromatic heterocycles. The van der Waals surface area contributed by atoms with E-state index in [1.807, 2.05) is 37.5 Å². The SMILES string of the molecule is CC(C)=CC(=O)N1CCN(C(=O)C=C(C)C)CC(C)C1. The van der Waals surface area contributed by atoms with Gasteiger partial charge in [-0.1, -0.05) is 18.1 Å². The van der Waals surface area contributed by atoms with Crippen molar-refractivity contribution < 1.29 is 9.59 Å². The van der Waals surface area contributed by atoms with Crippen LogP contribution in [-0.4, -0.2) is 47.8 Å². The second-order valence-electron chi connectivity index (χ2n) is 6.12. The van der Waals surface area contributed by atoms with E-state index in [4.69, 9.17) is 0 Å². The zero-order valence-electron chi connectivity index (χ0n) is 13.3. The van der Waals surface area contributed by atoms with Crippen molar-refractivity contribution in [3.8, 4) is 0 Å². The van der Waals surface area contributed by atoms with E-state index in [0.717, 1.165) is 11.1 Å². The van der Waals surface area contributed by atoms with Crippen molar-refractivity contribution in [2.75, 3.05) is 26.2 Å². The Kier molecular flexibility index (Phi) is 5.99. The molecule has 4 heteroatoms. The van der Waals surface area contributed by atoms with Crippen molar-refractivity contribution in [2.24, 2.45) is 5.92 Å². The summed E-state index contributed by atoms with van der Waals surface area (Å²) in [6.07, 6.45) is 3.33. The molecule has 0 saturated carbocycles. The number of rotatable bonds is 2. The van der Waals surface area contributed by atoms with Crippen LogP contribution in [-0.2, 0) is 9.59 Å². The Balaban J connectivity index is 2.74. The number of hydrogen-bond acceptors (Lipinski definition) is 2. The predicted molar refractivity (Wildman–Crippen MR) is 81.2 cm³/mol. The highest BCUT2D eigenvalue weighted by atomic mass is 16.2. The summed E-state index contributed by atoms with van der Waals surface area (Å²) in [6.45, 7) is 12.4. The molecular formula is C16H26N2O2. The molecule has 1 saturated heterocycles. The third-order valence-corrected chi connectivity index (χ3v) is 3.15. The van der Waals surface area contributed by atoms with Crippen molar-refractivity contribution >= 4 is 11.8 Å². The number of nitrogens with zero attached hydrogens (tertiary/aromatic N) is 2. The summed E-state index contributed by atoms with van der Waals surface area (Å²) in [5, 5.41) is 0. The summed E-state index contributed by atoms with van der Waals surface area (Å²) in [7, 11) is 0. The highest BCUT2D eigenvalue weighted by Crippen LogP contribution is 2.11. The predicted octanol–water partition coefficient (Wildman–Crippen LogP) is 2.23. The van der Waals surface area contributed by atoms with Gasteiger partial charge in [0.2, 0.25) is 11.8 Å². The second-order valence-corrected chi connectivity index (χ2v) is 6.12. The van der Waals surface area contributed by atoms with E-state index < -0.39 is 0 Å². The Morgan fingerprint density at radius 3 is 1.50 bits per heavy atom. The molecule has 0 radical (unpaired) electrons. The van der Waals surface area contributed by atoms with E-state index in [2.05, 4.69) is 6.92 Å². The summed E-state index contributed by atoms with van der Waals surface area (Å²) in [5.74, 6) is 0.392. The molecule has 0 bridgehead atoms. The summed E-state index contributed by atoms with van der Waals surface area (Å²) >= 11 is 0. The molecule has 0 unspecified atom stereocenters. The molecular weight excluding hydrogens is 252 g/mol. The third-order valence-electron chi connectivity index (χ3n) is 3.15. The summed E-state index contributed by atoms with van der Waals surface area (Å²) in [4.78, 5) is 27.9. The van der Waals surface area contributed by atoms with Gasteiger partial charge in [-0.15, -0.1) is 0 Å². The van der Waals surface area contributed by atoms with Crippen molar-refractivity contribution in [2.45, 2.75) is 34.6 Å². The smallest absolute Gasteiger partial charge is 0.246 e. The quantitative estimate of drug-likeness (QED) is 0.727. The summed E-state index contributed by atoms with van der Waals surface area (Å²) in [6, 6.07) is 0. The summed E-state index contributed by atoms with van der Waals surface area (Å²) < 4.78 is 0. The van der Waals surface area contributed by atoms with Gasteiger partial charge in [0, 0.05) is 38.3 Å². The zero-order chi connectivity index (χ0) is 15.3. The average Bonchev–Trinajstić information content (AvgIpc) is 2.49. The van der Waals surface area contributed by atoms with Crippen LogP contribution in [0.5, 0.6) is 0 Å². The normalized spacial score (nSPS) is 16.4. The molecule has 0 atom stereocenters. The topological polar surface area (TPSA) is 40.6 Å². The molecule has 0 spiro atoms. The van der Waals surface area contributed by atoms with E-state index in [-0.39, 0.29) is 11.8 Å². The molecule has 1 aliphatic rings. The first-order valence-electron chi connectivity index (χ1n) is 7.17. The molecule has 1 rings (SSSR count). The minimum Gasteiger partial charge on any atom is -0.337 e. The number of allylic oxidation sites excluding steroid dienone is 2. The first kappa shape index (κ1) is 16.5. The van der Waals surface area contributed by atoms with Crippen LogP contribution < -0.4 is 0 Å². The van der Waals surface area contributed by atoms with Crippen molar-refractivity contribution in [3.63, 3.8) is 0 Å². The van der Waals surface area contributed by atoms with Gasteiger partial charge in [0.05, 0.1) is 0 Å². The Hall–Kier alpha value is -1.58. The summed E-state index contributed by atoms with van der Waals surface area (Å²) in [5.41, 5.74) is 2.01. The molecule has 1 fully saturated rings. The van der Waals surface area contributed by atoms with Crippen LogP contribution in [0.15, 0.2) is 23.3 Å². The van der Waals surface area contributed by atoms with Gasteiger partial charge >= 0.3 is 0 Å². The van der Waals surface area contributed by atoms with Gasteiger partial charge in [-0.3, -0.25) is 9.59 Å². The van der Waals surface area contributed by atoms with Gasteiger partial charge < -0.3 is 9.80 Å². The van der Waals surface area contributed by atoms with Gasteiger partial charge in [0.25, 0.3) is 0 Å². The van der Waals surface area contributed by atoms with Gasteiger partial charge in [0.1, 0.15) is 0 Å². The van der Waals surface area contributed by atoms with Crippen LogP contribution in [0.3, 0.4) is 0 Å². The van der Waals surface area contributed by atoms with E-state index in [1.165, 1.54) is 0 Å². The molecule has 20 heavy (non-hydrogen) atoms. The average molecular weight is 278 g/mol. The standard InChI is InChI=1S/C16H26N2O2/c1-12(2)8-15(19)17-6-7-18(11-14(5)10-17)16(20)9-13(3)4/h8-9,14H,6-7,10-11H2,1-5H3. The Bertz CT molecular complexity index is 390. The number of hydrogen-bond donors (Lipinski definition) is 0. The maximum absolute atomic E-state index is 12.1. The Morgan fingerprint density at radius 2 is 1.20 bits per heavy atom.